The van der Waals surface area contributed by atoms with E-state index in [0.29, 0.717) is 11.3 Å². The van der Waals surface area contributed by atoms with Crippen molar-refractivity contribution in [3.63, 3.8) is 0 Å². The minimum Gasteiger partial charge on any atom is -0.328 e. The largest absolute Gasteiger partial charge is 0.328 e. The van der Waals surface area contributed by atoms with Gasteiger partial charge >= 0.3 is 0 Å². The maximum atomic E-state index is 12.0. The lowest BCUT2D eigenvalue weighted by Crippen LogP contribution is -2.15. The Balaban J connectivity index is 2.26. The Labute approximate surface area is 104 Å². The zero-order valence-corrected chi connectivity index (χ0v) is 10.4. The number of carbonyl (C=O) groups is 1. The summed E-state index contributed by atoms with van der Waals surface area (Å²) in [6.45, 7) is 3.71. The van der Waals surface area contributed by atoms with Crippen LogP contribution in [0.1, 0.15) is 21.7 Å². The highest BCUT2D eigenvalue weighted by molar-refractivity contribution is 6.04. The van der Waals surface area contributed by atoms with Crippen LogP contribution < -0.4 is 10.9 Å². The summed E-state index contributed by atoms with van der Waals surface area (Å²) in [4.78, 5) is 25.3. The number of nitrogens with one attached hydrogen (secondary N) is 2. The van der Waals surface area contributed by atoms with Gasteiger partial charge in [0.15, 0.2) is 0 Å². The van der Waals surface area contributed by atoms with Crippen LogP contribution in [0, 0.1) is 13.8 Å². The number of aromatic amines is 1. The van der Waals surface area contributed by atoms with E-state index in [9.17, 15) is 9.59 Å². The molecule has 0 atom stereocenters. The first kappa shape index (κ1) is 12.1. The minimum atomic E-state index is -0.273. The van der Waals surface area contributed by atoms with E-state index in [1.165, 1.54) is 18.3 Å². The predicted octanol–water partition coefficient (Wildman–Crippen LogP) is 0.978. The molecule has 0 radical (unpaired) electrons. The maximum Gasteiger partial charge on any atom is 0.257 e. The highest BCUT2D eigenvalue weighted by Gasteiger charge is 2.13. The van der Waals surface area contributed by atoms with E-state index in [4.69, 9.17) is 0 Å². The molecule has 6 nitrogen and oxygen atoms in total. The van der Waals surface area contributed by atoms with Crippen molar-refractivity contribution < 1.29 is 4.79 Å². The summed E-state index contributed by atoms with van der Waals surface area (Å²) < 4.78 is 1.71. The molecule has 2 aromatic heterocycles. The quantitative estimate of drug-likeness (QED) is 0.828. The summed E-state index contributed by atoms with van der Waals surface area (Å²) >= 11 is 0. The highest BCUT2D eigenvalue weighted by atomic mass is 16.1. The lowest BCUT2D eigenvalue weighted by molar-refractivity contribution is 0.102. The Kier molecular flexibility index (Phi) is 3.01. The first-order valence-electron chi connectivity index (χ1n) is 5.49. The van der Waals surface area contributed by atoms with Crippen molar-refractivity contribution in [2.75, 3.05) is 5.32 Å². The summed E-state index contributed by atoms with van der Waals surface area (Å²) in [5, 5.41) is 7.01. The van der Waals surface area contributed by atoms with Crippen LogP contribution >= 0.6 is 0 Å². The molecule has 2 heterocycles. The van der Waals surface area contributed by atoms with E-state index in [0.717, 1.165) is 11.4 Å². The molecule has 0 unspecified atom stereocenters. The van der Waals surface area contributed by atoms with Crippen LogP contribution in [0.15, 0.2) is 23.1 Å². The second-order valence-electron chi connectivity index (χ2n) is 4.07. The SMILES string of the molecule is Cc1nn(C)c(C)c1NC(=O)c1ccc(=O)[nH]c1. The van der Waals surface area contributed by atoms with Crippen molar-refractivity contribution >= 4 is 11.6 Å². The maximum absolute atomic E-state index is 12.0. The van der Waals surface area contributed by atoms with Gasteiger partial charge in [-0.25, -0.2) is 0 Å². The van der Waals surface area contributed by atoms with Crippen LogP contribution in [0.2, 0.25) is 0 Å². The summed E-state index contributed by atoms with van der Waals surface area (Å²) in [6.07, 6.45) is 1.39. The van der Waals surface area contributed by atoms with Crippen molar-refractivity contribution in [1.29, 1.82) is 0 Å². The summed E-state index contributed by atoms with van der Waals surface area (Å²) in [5.74, 6) is -0.273. The molecule has 94 valence electrons. The molecule has 0 aliphatic heterocycles. The normalized spacial score (nSPS) is 10.4. The molecule has 2 N–H and O–H groups in total. The fourth-order valence-electron chi connectivity index (χ4n) is 1.69. The third-order valence-electron chi connectivity index (χ3n) is 2.79. The number of H-pyrrole nitrogens is 1. The number of nitrogens with zero attached hydrogens (tertiary/aromatic N) is 2. The van der Waals surface area contributed by atoms with Crippen LogP contribution in [0.4, 0.5) is 5.69 Å². The topological polar surface area (TPSA) is 79.8 Å². The predicted molar refractivity (Wildman–Crippen MR) is 67.7 cm³/mol. The van der Waals surface area contributed by atoms with Gasteiger partial charge in [-0.1, -0.05) is 0 Å². The molecule has 0 aromatic carbocycles. The van der Waals surface area contributed by atoms with Crippen molar-refractivity contribution in [2.24, 2.45) is 7.05 Å². The Bertz CT molecular complexity index is 634. The molecule has 0 spiro atoms. The van der Waals surface area contributed by atoms with Gasteiger partial charge in [0.1, 0.15) is 0 Å². The van der Waals surface area contributed by atoms with Crippen molar-refractivity contribution in [3.05, 3.63) is 45.6 Å². The molecular weight excluding hydrogens is 232 g/mol. The number of anilines is 1. The van der Waals surface area contributed by atoms with Crippen molar-refractivity contribution in [3.8, 4) is 0 Å². The first-order chi connectivity index (χ1) is 8.49. The third kappa shape index (κ3) is 2.17. The molecule has 0 saturated carbocycles. The van der Waals surface area contributed by atoms with Crippen molar-refractivity contribution in [2.45, 2.75) is 13.8 Å². The van der Waals surface area contributed by atoms with Gasteiger partial charge < -0.3 is 10.3 Å². The average Bonchev–Trinajstić information content (AvgIpc) is 2.57. The molecule has 0 bridgehead atoms. The lowest BCUT2D eigenvalue weighted by Gasteiger charge is -2.05. The van der Waals surface area contributed by atoms with Gasteiger partial charge in [0.2, 0.25) is 5.56 Å². The first-order valence-corrected chi connectivity index (χ1v) is 5.49. The Morgan fingerprint density at radius 1 is 1.39 bits per heavy atom. The number of aryl methyl sites for hydroxylation is 2. The molecule has 0 aliphatic rings. The molecule has 2 rings (SSSR count). The zero-order valence-electron chi connectivity index (χ0n) is 10.4. The van der Waals surface area contributed by atoms with E-state index in [1.54, 1.807) is 4.68 Å². The molecule has 18 heavy (non-hydrogen) atoms. The molecule has 0 saturated heterocycles. The molecule has 0 fully saturated rings. The Morgan fingerprint density at radius 3 is 2.61 bits per heavy atom. The van der Waals surface area contributed by atoms with Gasteiger partial charge in [-0.2, -0.15) is 5.10 Å². The second-order valence-corrected chi connectivity index (χ2v) is 4.07. The van der Waals surface area contributed by atoms with Crippen LogP contribution in [0.25, 0.3) is 0 Å². The van der Waals surface area contributed by atoms with E-state index < -0.39 is 0 Å². The third-order valence-corrected chi connectivity index (χ3v) is 2.79. The standard InChI is InChI=1S/C12H14N4O2/c1-7-11(8(2)16(3)15-7)14-12(18)9-4-5-10(17)13-6-9/h4-6H,1-3H3,(H,13,17)(H,14,18). The number of amides is 1. The van der Waals surface area contributed by atoms with Gasteiger partial charge in [0.25, 0.3) is 5.91 Å². The number of aromatic nitrogens is 3. The molecule has 1 amide bonds. The fourth-order valence-corrected chi connectivity index (χ4v) is 1.69. The molecular formula is C12H14N4O2. The second kappa shape index (κ2) is 4.48. The lowest BCUT2D eigenvalue weighted by atomic mass is 10.2. The number of pyridine rings is 1. The number of hydrogen-bond donors (Lipinski definition) is 2. The van der Waals surface area contributed by atoms with Gasteiger partial charge in [-0.3, -0.25) is 14.3 Å². The average molecular weight is 246 g/mol. The van der Waals surface area contributed by atoms with Gasteiger partial charge in [-0.05, 0) is 19.9 Å². The highest BCUT2D eigenvalue weighted by Crippen LogP contribution is 2.18. The summed E-state index contributed by atoms with van der Waals surface area (Å²) in [6, 6.07) is 2.80. The minimum absolute atomic E-state index is 0.236. The number of carbonyl (C=O) groups excluding carboxylic acids is 1. The van der Waals surface area contributed by atoms with Gasteiger partial charge in [0.05, 0.1) is 22.6 Å². The molecule has 2 aromatic rings. The van der Waals surface area contributed by atoms with E-state index in [-0.39, 0.29) is 11.5 Å². The van der Waals surface area contributed by atoms with E-state index in [2.05, 4.69) is 15.4 Å². The summed E-state index contributed by atoms with van der Waals surface area (Å²) in [7, 11) is 1.82. The fraction of sp³-hybridized carbons (Fsp3) is 0.250. The smallest absolute Gasteiger partial charge is 0.257 e. The Hall–Kier alpha value is -2.37. The molecule has 6 heteroatoms. The van der Waals surface area contributed by atoms with E-state index >= 15 is 0 Å². The number of hydrogen-bond acceptors (Lipinski definition) is 3. The van der Waals surface area contributed by atoms with Crippen LogP contribution in [0.5, 0.6) is 0 Å². The summed E-state index contributed by atoms with van der Waals surface area (Å²) in [5.41, 5.74) is 2.50. The van der Waals surface area contributed by atoms with Crippen LogP contribution in [-0.2, 0) is 7.05 Å². The van der Waals surface area contributed by atoms with Crippen LogP contribution in [0.3, 0.4) is 0 Å². The Morgan fingerprint density at radius 2 is 2.11 bits per heavy atom. The monoisotopic (exact) mass is 246 g/mol. The van der Waals surface area contributed by atoms with Crippen molar-refractivity contribution in [1.82, 2.24) is 14.8 Å². The zero-order chi connectivity index (χ0) is 13.3. The van der Waals surface area contributed by atoms with Gasteiger partial charge in [-0.15, -0.1) is 0 Å². The van der Waals surface area contributed by atoms with Gasteiger partial charge in [0, 0.05) is 19.3 Å². The molecule has 0 aliphatic carbocycles. The van der Waals surface area contributed by atoms with E-state index in [1.807, 2.05) is 20.9 Å². The van der Waals surface area contributed by atoms with Crippen LogP contribution in [-0.4, -0.2) is 20.7 Å². The number of rotatable bonds is 2.